The highest BCUT2D eigenvalue weighted by molar-refractivity contribution is 4.92. The topological polar surface area (TPSA) is 32.5 Å². The Morgan fingerprint density at radius 2 is 2.00 bits per heavy atom. The van der Waals surface area contributed by atoms with Gasteiger partial charge in [0.1, 0.15) is 0 Å². The van der Waals surface area contributed by atoms with Crippen molar-refractivity contribution in [3.8, 4) is 0 Å². The number of nitrogens with zero attached hydrogens (tertiary/aromatic N) is 2. The van der Waals surface area contributed by atoms with Gasteiger partial charge in [0.15, 0.2) is 0 Å². The minimum Gasteiger partial charge on any atom is -0.327 e. The Morgan fingerprint density at radius 3 is 2.63 bits per heavy atom. The van der Waals surface area contributed by atoms with E-state index in [2.05, 4.69) is 37.7 Å². The lowest BCUT2D eigenvalue weighted by Crippen LogP contribution is -2.50. The van der Waals surface area contributed by atoms with Crippen LogP contribution in [0.1, 0.15) is 39.5 Å². The normalized spacial score (nSPS) is 36.0. The van der Waals surface area contributed by atoms with Crippen LogP contribution in [-0.2, 0) is 0 Å². The van der Waals surface area contributed by atoms with Crippen molar-refractivity contribution in [2.75, 3.05) is 40.3 Å². The molecule has 1 saturated heterocycles. The lowest BCUT2D eigenvalue weighted by atomic mass is 9.68. The molecular formula is C16H33N3. The number of hydrogen-bond donors (Lipinski definition) is 1. The second kappa shape index (κ2) is 6.11. The average molecular weight is 267 g/mol. The predicted molar refractivity (Wildman–Crippen MR) is 82.2 cm³/mol. The van der Waals surface area contributed by atoms with E-state index >= 15 is 0 Å². The summed E-state index contributed by atoms with van der Waals surface area (Å²) in [6, 6.07) is 0.370. The van der Waals surface area contributed by atoms with Crippen LogP contribution in [0, 0.1) is 17.3 Å². The Labute approximate surface area is 119 Å². The molecule has 0 radical (unpaired) electrons. The van der Waals surface area contributed by atoms with E-state index in [-0.39, 0.29) is 0 Å². The summed E-state index contributed by atoms with van der Waals surface area (Å²) in [6.45, 7) is 9.66. The van der Waals surface area contributed by atoms with Gasteiger partial charge in [-0.2, -0.15) is 0 Å². The van der Waals surface area contributed by atoms with Gasteiger partial charge >= 0.3 is 0 Å². The molecule has 2 aliphatic rings. The summed E-state index contributed by atoms with van der Waals surface area (Å²) in [6.07, 6.45) is 5.33. The van der Waals surface area contributed by atoms with Gasteiger partial charge in [-0.15, -0.1) is 0 Å². The van der Waals surface area contributed by atoms with E-state index < -0.39 is 0 Å². The molecular weight excluding hydrogens is 234 g/mol. The summed E-state index contributed by atoms with van der Waals surface area (Å²) >= 11 is 0. The monoisotopic (exact) mass is 267 g/mol. The molecule has 1 heterocycles. The van der Waals surface area contributed by atoms with Crippen LogP contribution in [0.2, 0.25) is 0 Å². The van der Waals surface area contributed by atoms with Gasteiger partial charge in [0.25, 0.3) is 0 Å². The van der Waals surface area contributed by atoms with Gasteiger partial charge in [0, 0.05) is 25.7 Å². The fraction of sp³-hybridized carbons (Fsp3) is 1.00. The van der Waals surface area contributed by atoms with Crippen LogP contribution in [0.3, 0.4) is 0 Å². The van der Waals surface area contributed by atoms with Crippen molar-refractivity contribution in [2.24, 2.45) is 23.0 Å². The summed E-state index contributed by atoms with van der Waals surface area (Å²) < 4.78 is 0. The number of nitrogens with two attached hydrogens (primary N) is 1. The number of likely N-dealkylation sites (tertiary alicyclic amines) is 1. The van der Waals surface area contributed by atoms with E-state index in [0.29, 0.717) is 17.4 Å². The van der Waals surface area contributed by atoms with Crippen molar-refractivity contribution >= 4 is 0 Å². The lowest BCUT2D eigenvalue weighted by Gasteiger charge is -2.43. The van der Waals surface area contributed by atoms with Gasteiger partial charge in [-0.05, 0) is 57.2 Å². The summed E-state index contributed by atoms with van der Waals surface area (Å²) in [7, 11) is 4.52. The van der Waals surface area contributed by atoms with Crippen LogP contribution in [0.25, 0.3) is 0 Å². The van der Waals surface area contributed by atoms with E-state index in [1.54, 1.807) is 0 Å². The van der Waals surface area contributed by atoms with Crippen molar-refractivity contribution in [3.05, 3.63) is 0 Å². The molecule has 19 heavy (non-hydrogen) atoms. The summed E-state index contributed by atoms with van der Waals surface area (Å²) in [5.41, 5.74) is 6.83. The number of rotatable bonds is 4. The number of hydrogen-bond acceptors (Lipinski definition) is 3. The molecule has 2 N–H and O–H groups in total. The maximum absolute atomic E-state index is 6.50. The molecule has 2 fully saturated rings. The molecule has 0 amide bonds. The first-order chi connectivity index (χ1) is 8.88. The zero-order chi connectivity index (χ0) is 14.0. The zero-order valence-corrected chi connectivity index (χ0v) is 13.4. The standard InChI is InChI=1S/C16H33N3/c1-16(2)8-5-6-14(15(16)17)12-19(4)11-13-7-9-18(3)10-13/h13-15H,5-12,17H2,1-4H3. The first-order valence-electron chi connectivity index (χ1n) is 8.01. The maximum atomic E-state index is 6.50. The summed E-state index contributed by atoms with van der Waals surface area (Å²) in [4.78, 5) is 4.99. The van der Waals surface area contributed by atoms with Crippen LogP contribution < -0.4 is 5.73 Å². The van der Waals surface area contributed by atoms with Gasteiger partial charge in [0.05, 0.1) is 0 Å². The van der Waals surface area contributed by atoms with Gasteiger partial charge in [-0.3, -0.25) is 0 Å². The Hall–Kier alpha value is -0.120. The predicted octanol–water partition coefficient (Wildman–Crippen LogP) is 2.02. The molecule has 0 aromatic carbocycles. The molecule has 0 aromatic heterocycles. The van der Waals surface area contributed by atoms with E-state index in [0.717, 1.165) is 5.92 Å². The third-order valence-electron chi connectivity index (χ3n) is 5.41. The van der Waals surface area contributed by atoms with E-state index in [1.807, 2.05) is 0 Å². The molecule has 1 aliphatic carbocycles. The fourth-order valence-corrected chi connectivity index (χ4v) is 4.10. The quantitative estimate of drug-likeness (QED) is 0.846. The molecule has 3 nitrogen and oxygen atoms in total. The van der Waals surface area contributed by atoms with Gasteiger partial charge in [-0.25, -0.2) is 0 Å². The van der Waals surface area contributed by atoms with E-state index in [4.69, 9.17) is 5.73 Å². The Balaban J connectivity index is 1.79. The van der Waals surface area contributed by atoms with Crippen LogP contribution in [0.4, 0.5) is 0 Å². The zero-order valence-electron chi connectivity index (χ0n) is 13.4. The first-order valence-corrected chi connectivity index (χ1v) is 8.01. The van der Waals surface area contributed by atoms with Gasteiger partial charge in [-0.1, -0.05) is 20.3 Å². The molecule has 1 saturated carbocycles. The van der Waals surface area contributed by atoms with E-state index in [9.17, 15) is 0 Å². The molecule has 3 atom stereocenters. The minimum absolute atomic E-state index is 0.331. The van der Waals surface area contributed by atoms with Crippen molar-refractivity contribution in [2.45, 2.75) is 45.6 Å². The van der Waals surface area contributed by atoms with Crippen LogP contribution in [0.15, 0.2) is 0 Å². The van der Waals surface area contributed by atoms with Crippen molar-refractivity contribution in [1.82, 2.24) is 9.80 Å². The SMILES string of the molecule is CN1CCC(CN(C)CC2CCCC(C)(C)C2N)C1. The fourth-order valence-electron chi connectivity index (χ4n) is 4.10. The van der Waals surface area contributed by atoms with Crippen molar-refractivity contribution < 1.29 is 0 Å². The smallest absolute Gasteiger partial charge is 0.0131 e. The van der Waals surface area contributed by atoms with E-state index in [1.165, 1.54) is 51.9 Å². The second-order valence-corrected chi connectivity index (χ2v) is 7.80. The van der Waals surface area contributed by atoms with Gasteiger partial charge < -0.3 is 15.5 Å². The molecule has 0 spiro atoms. The van der Waals surface area contributed by atoms with Crippen LogP contribution in [-0.4, -0.2) is 56.1 Å². The first kappa shape index (κ1) is 15.3. The lowest BCUT2D eigenvalue weighted by molar-refractivity contribution is 0.106. The third-order valence-corrected chi connectivity index (χ3v) is 5.41. The Bertz CT molecular complexity index is 290. The highest BCUT2D eigenvalue weighted by atomic mass is 15.1. The van der Waals surface area contributed by atoms with Crippen LogP contribution in [0.5, 0.6) is 0 Å². The Morgan fingerprint density at radius 1 is 1.26 bits per heavy atom. The molecule has 0 bridgehead atoms. The van der Waals surface area contributed by atoms with Crippen LogP contribution >= 0.6 is 0 Å². The maximum Gasteiger partial charge on any atom is 0.0131 e. The van der Waals surface area contributed by atoms with Crippen molar-refractivity contribution in [1.29, 1.82) is 0 Å². The van der Waals surface area contributed by atoms with Crippen molar-refractivity contribution in [3.63, 3.8) is 0 Å². The molecule has 2 rings (SSSR count). The third kappa shape index (κ3) is 3.93. The molecule has 3 heteroatoms. The Kier molecular flexibility index (Phi) is 4.91. The molecule has 1 aliphatic heterocycles. The highest BCUT2D eigenvalue weighted by Gasteiger charge is 2.36. The highest BCUT2D eigenvalue weighted by Crippen LogP contribution is 2.38. The van der Waals surface area contributed by atoms with Gasteiger partial charge in [0.2, 0.25) is 0 Å². The summed E-state index contributed by atoms with van der Waals surface area (Å²) in [5, 5.41) is 0. The minimum atomic E-state index is 0.331. The molecule has 0 aromatic rings. The molecule has 3 unspecified atom stereocenters. The summed E-state index contributed by atoms with van der Waals surface area (Å²) in [5.74, 6) is 1.55. The average Bonchev–Trinajstić information content (AvgIpc) is 2.70. The molecule has 112 valence electrons. The second-order valence-electron chi connectivity index (χ2n) is 7.80. The largest absolute Gasteiger partial charge is 0.327 e.